The Morgan fingerprint density at radius 2 is 0.559 bits per heavy atom. The number of aliphatic hydroxyl groups excluding tert-OH is 24. The van der Waals surface area contributed by atoms with Gasteiger partial charge in [0.2, 0.25) is 23.6 Å². The Hall–Kier alpha value is -3.76. The summed E-state index contributed by atoms with van der Waals surface area (Å²) in [5, 5.41) is 276. The predicted molar refractivity (Wildman–Crippen MR) is 342 cm³/mol. The van der Waals surface area contributed by atoms with Crippen molar-refractivity contribution in [1.82, 2.24) is 21.3 Å². The standard InChI is InChI=1S/C62H104N4O45/c1-14-31(77)41(87)45(91)58(97-14)95-13-26-50(38(84)27(54(94)98-26)63-15(2)73)106-56-29(65-17(4)75)39(85)49(24(11-72)103-56)108-60-47(93)51(109-62-53(44(90)35(81)22(9-70)102-62)111-55-28(64-16(3)74)37(83)32(78)19(6-67)99-55)36(82)25(105-60)12-96-61-52(43(89)34(80)21(8-69)101-61)110-57-30(66-18(5)76)40(86)48(23(10-71)104-57)107-59-46(92)42(88)33(79)20(7-68)100-59/h14,19-62,67-72,77-94H,6-13H2,1-5H3,(H,63,73)(H,64,74)(H,65,75)(H,66,76)/t14-,19-,20-,21-,22-,23-,24-,25-,26-,27-,28+,29-,30-,31-,32-,33+,34-,35-,36-,37-,38-,39-,40-,41-,42+,43+,44+,45+,46-,47+,48-,49-,50-,51+,52+,53+,54-,55+,56+,57+,58+,59+,60+,61+,62-/m1/s1. The van der Waals surface area contributed by atoms with Gasteiger partial charge in [-0.15, -0.1) is 0 Å². The molecule has 0 aromatic carbocycles. The number of ether oxygens (including phenoxy) is 17. The molecule has 0 aromatic rings. The fraction of sp³-hybridized carbons (Fsp3) is 0.935. The number of carbonyl (C=O) groups excluding carboxylic acids is 4. The van der Waals surface area contributed by atoms with Gasteiger partial charge in [-0.2, -0.15) is 0 Å². The summed E-state index contributed by atoms with van der Waals surface area (Å²) >= 11 is 0. The third-order valence-electron chi connectivity index (χ3n) is 20.3. The average molecular weight is 1630 g/mol. The van der Waals surface area contributed by atoms with Crippen molar-refractivity contribution in [3.05, 3.63) is 0 Å². The highest BCUT2D eigenvalue weighted by atomic mass is 16.8. The van der Waals surface area contributed by atoms with Gasteiger partial charge in [-0.05, 0) is 6.92 Å². The van der Waals surface area contributed by atoms with Gasteiger partial charge >= 0.3 is 0 Å². The first kappa shape index (κ1) is 91.1. The molecule has 9 saturated heterocycles. The molecule has 0 aromatic heterocycles. The van der Waals surface area contributed by atoms with Crippen molar-refractivity contribution in [3.63, 3.8) is 0 Å². The number of rotatable bonds is 28. The van der Waals surface area contributed by atoms with Crippen molar-refractivity contribution in [2.75, 3.05) is 52.9 Å². The van der Waals surface area contributed by atoms with Gasteiger partial charge in [-0.3, -0.25) is 19.2 Å². The molecule has 0 radical (unpaired) electrons. The summed E-state index contributed by atoms with van der Waals surface area (Å²) in [5.41, 5.74) is 0. The summed E-state index contributed by atoms with van der Waals surface area (Å²) in [6.07, 6.45) is -83.2. The molecule has 642 valence electrons. The SMILES string of the molecule is CC(=O)N[C@@H]1[C@H](O[C@@H]2[C@@H](O[C@@H]3[C@H](O)[C@H](O[C@H]4[C@H](O)[C@@H](NC(C)=O)[C@H](O[C@H]5[C@H](O)[C@@H](NC(C)=O)[C@H](O)O[C@@H]5CO[C@H]5O[C@H](C)[C@@H](O)[C@@H](O)[C@@H]5O)O[C@@H]4CO)O[C@H](CO[C@H]4O[C@H](CO)[C@@H](O)[C@H](O)[C@@H]4O[C@@H]4O[C@H](CO)[C@@H](O[C@@H]5O[C@H](CO)[C@H](O)[C@H](O)[C@H]5O)[C@H](O)[C@H]4NC(C)=O)[C@H]3O)O[C@H](CO)[C@@H](O)[C@@H]2O)O[C@H](CO)[C@@H](O)[C@@H]1O. The average Bonchev–Trinajstić information content (AvgIpc) is 0.768. The lowest BCUT2D eigenvalue weighted by molar-refractivity contribution is -0.396. The zero-order valence-corrected chi connectivity index (χ0v) is 59.9. The van der Waals surface area contributed by atoms with Crippen LogP contribution < -0.4 is 21.3 Å². The Kier molecular flexibility index (Phi) is 32.6. The smallest absolute Gasteiger partial charge is 0.217 e. The largest absolute Gasteiger partial charge is 0.394 e. The zero-order chi connectivity index (χ0) is 81.8. The summed E-state index contributed by atoms with van der Waals surface area (Å²) in [4.78, 5) is 50.9. The fourth-order valence-corrected chi connectivity index (χ4v) is 14.3. The number of hydrogen-bond acceptors (Lipinski definition) is 45. The minimum Gasteiger partial charge on any atom is -0.394 e. The number of carbonyl (C=O) groups is 4. The Morgan fingerprint density at radius 1 is 0.252 bits per heavy atom. The molecule has 9 rings (SSSR count). The second-order valence-corrected chi connectivity index (χ2v) is 28.2. The van der Waals surface area contributed by atoms with Gasteiger partial charge in [0.25, 0.3) is 0 Å². The number of aliphatic hydroxyl groups is 24. The minimum atomic E-state index is -2.55. The molecule has 0 bridgehead atoms. The highest BCUT2D eigenvalue weighted by molar-refractivity contribution is 5.74. The van der Waals surface area contributed by atoms with Crippen LogP contribution in [0, 0.1) is 0 Å². The van der Waals surface area contributed by atoms with Crippen molar-refractivity contribution in [2.24, 2.45) is 0 Å². The van der Waals surface area contributed by atoms with Crippen LogP contribution in [-0.2, 0) is 99.7 Å². The van der Waals surface area contributed by atoms with Crippen molar-refractivity contribution in [1.29, 1.82) is 0 Å². The Morgan fingerprint density at radius 3 is 1.03 bits per heavy atom. The van der Waals surface area contributed by atoms with Gasteiger partial charge in [-0.25, -0.2) is 0 Å². The molecular formula is C62H104N4O45. The molecule has 28 N–H and O–H groups in total. The zero-order valence-electron chi connectivity index (χ0n) is 59.9. The topological polar surface area (TPSA) is 759 Å². The van der Waals surface area contributed by atoms with E-state index in [1.807, 2.05) is 0 Å². The summed E-state index contributed by atoms with van der Waals surface area (Å²) in [5.74, 6) is -3.59. The molecule has 111 heavy (non-hydrogen) atoms. The Bertz CT molecular complexity index is 2950. The fourth-order valence-electron chi connectivity index (χ4n) is 14.3. The molecule has 0 spiro atoms. The lowest BCUT2D eigenvalue weighted by Gasteiger charge is -2.51. The maximum absolute atomic E-state index is 13.2. The van der Waals surface area contributed by atoms with Crippen molar-refractivity contribution < 1.29 is 222 Å². The van der Waals surface area contributed by atoms with Crippen LogP contribution in [0.1, 0.15) is 34.6 Å². The molecule has 9 aliphatic rings. The van der Waals surface area contributed by atoms with Gasteiger partial charge in [0, 0.05) is 27.7 Å². The first-order valence-electron chi connectivity index (χ1n) is 35.5. The van der Waals surface area contributed by atoms with Gasteiger partial charge in [0.1, 0.15) is 213 Å². The van der Waals surface area contributed by atoms with Crippen LogP contribution in [0.5, 0.6) is 0 Å². The van der Waals surface area contributed by atoms with Crippen LogP contribution in [-0.4, -0.2) is 475 Å². The van der Waals surface area contributed by atoms with E-state index < -0.39 is 353 Å². The molecule has 4 amide bonds. The van der Waals surface area contributed by atoms with Crippen LogP contribution >= 0.6 is 0 Å². The lowest BCUT2D eigenvalue weighted by atomic mass is 9.93. The number of hydrogen-bond donors (Lipinski definition) is 28. The van der Waals surface area contributed by atoms with Gasteiger partial charge in [0.05, 0.1) is 59.0 Å². The van der Waals surface area contributed by atoms with E-state index >= 15 is 0 Å². The normalized spacial score (nSPS) is 49.3. The van der Waals surface area contributed by atoms with E-state index in [1.54, 1.807) is 0 Å². The van der Waals surface area contributed by atoms with E-state index in [2.05, 4.69) is 21.3 Å². The van der Waals surface area contributed by atoms with Crippen LogP contribution in [0.2, 0.25) is 0 Å². The van der Waals surface area contributed by atoms with Gasteiger partial charge < -0.3 is 224 Å². The number of amides is 4. The second-order valence-electron chi connectivity index (χ2n) is 28.2. The first-order valence-corrected chi connectivity index (χ1v) is 35.5. The summed E-state index contributed by atoms with van der Waals surface area (Å²) in [6.45, 7) is -3.36. The van der Waals surface area contributed by atoms with E-state index in [4.69, 9.17) is 80.5 Å². The van der Waals surface area contributed by atoms with E-state index in [0.717, 1.165) is 27.7 Å². The third kappa shape index (κ3) is 20.3. The summed E-state index contributed by atoms with van der Waals surface area (Å²) in [6, 6.07) is -7.39. The molecular weight excluding hydrogens is 1520 g/mol. The summed E-state index contributed by atoms with van der Waals surface area (Å²) in [7, 11) is 0. The molecule has 9 fully saturated rings. The third-order valence-corrected chi connectivity index (χ3v) is 20.3. The summed E-state index contributed by atoms with van der Waals surface area (Å²) < 4.78 is 101. The minimum absolute atomic E-state index is 0.827. The van der Waals surface area contributed by atoms with Gasteiger partial charge in [-0.1, -0.05) is 0 Å². The van der Waals surface area contributed by atoms with Crippen molar-refractivity contribution in [3.8, 4) is 0 Å². The van der Waals surface area contributed by atoms with E-state index in [1.165, 1.54) is 6.92 Å². The molecule has 0 saturated carbocycles. The molecule has 0 unspecified atom stereocenters. The highest BCUT2D eigenvalue weighted by Crippen LogP contribution is 2.40. The molecule has 45 atom stereocenters. The molecule has 9 aliphatic heterocycles. The molecule has 0 aliphatic carbocycles. The van der Waals surface area contributed by atoms with E-state index in [0.29, 0.717) is 0 Å². The van der Waals surface area contributed by atoms with Crippen LogP contribution in [0.3, 0.4) is 0 Å². The quantitative estimate of drug-likeness (QED) is 0.0346. The Labute approximate surface area is 629 Å². The van der Waals surface area contributed by atoms with Crippen LogP contribution in [0.4, 0.5) is 0 Å². The predicted octanol–water partition coefficient (Wildman–Crippen LogP) is -19.0. The Balaban J connectivity index is 1.05. The second kappa shape index (κ2) is 39.7. The molecule has 9 heterocycles. The number of nitrogens with one attached hydrogen (secondary N) is 4. The lowest BCUT2D eigenvalue weighted by Crippen LogP contribution is -2.71. The monoisotopic (exact) mass is 1620 g/mol. The molecule has 49 nitrogen and oxygen atoms in total. The van der Waals surface area contributed by atoms with E-state index in [-0.39, 0.29) is 0 Å². The van der Waals surface area contributed by atoms with Crippen molar-refractivity contribution in [2.45, 2.75) is 311 Å². The maximum atomic E-state index is 13.2. The highest BCUT2D eigenvalue weighted by Gasteiger charge is 2.61. The van der Waals surface area contributed by atoms with Crippen LogP contribution in [0.15, 0.2) is 0 Å². The van der Waals surface area contributed by atoms with Crippen LogP contribution in [0.25, 0.3) is 0 Å². The maximum Gasteiger partial charge on any atom is 0.217 e. The van der Waals surface area contributed by atoms with Crippen molar-refractivity contribution >= 4 is 23.6 Å². The van der Waals surface area contributed by atoms with Gasteiger partial charge in [0.15, 0.2) is 56.6 Å². The van der Waals surface area contributed by atoms with E-state index in [9.17, 15) is 142 Å². The first-order chi connectivity index (χ1) is 52.4. The molecule has 49 heteroatoms.